The lowest BCUT2D eigenvalue weighted by atomic mass is 9.72. The third-order valence-electron chi connectivity index (χ3n) is 7.19. The third kappa shape index (κ3) is 4.57. The lowest BCUT2D eigenvalue weighted by Crippen LogP contribution is -2.57. The number of hydrogen-bond donors (Lipinski definition) is 1. The van der Waals surface area contributed by atoms with Crippen molar-refractivity contribution in [2.45, 2.75) is 38.1 Å². The lowest BCUT2D eigenvalue weighted by molar-refractivity contribution is -0.148. The molecule has 1 N–H and O–H groups in total. The molecule has 0 bridgehead atoms. The Morgan fingerprint density at radius 1 is 1.03 bits per heavy atom. The predicted octanol–water partition coefficient (Wildman–Crippen LogP) is 2.83. The number of amides is 3. The number of benzene rings is 2. The van der Waals surface area contributed by atoms with Crippen molar-refractivity contribution in [3.63, 3.8) is 0 Å². The Morgan fingerprint density at radius 2 is 1.74 bits per heavy atom. The molecule has 2 aromatic carbocycles. The van der Waals surface area contributed by atoms with Crippen molar-refractivity contribution >= 4 is 17.7 Å². The zero-order valence-corrected chi connectivity index (χ0v) is 20.2. The molecule has 7 heteroatoms. The van der Waals surface area contributed by atoms with Crippen LogP contribution in [0.15, 0.2) is 48.5 Å². The highest BCUT2D eigenvalue weighted by molar-refractivity contribution is 5.94. The molecular weight excluding hydrogens is 430 g/mol. The van der Waals surface area contributed by atoms with E-state index in [0.29, 0.717) is 51.3 Å². The van der Waals surface area contributed by atoms with Crippen LogP contribution in [0, 0.1) is 6.92 Å². The van der Waals surface area contributed by atoms with Gasteiger partial charge >= 0.3 is 0 Å². The molecule has 34 heavy (non-hydrogen) atoms. The van der Waals surface area contributed by atoms with Crippen molar-refractivity contribution in [1.29, 1.82) is 0 Å². The Kier molecular flexibility index (Phi) is 7.03. The number of aryl methyl sites for hydroxylation is 1. The minimum atomic E-state index is -0.626. The summed E-state index contributed by atoms with van der Waals surface area (Å²) in [7, 11) is 1.59. The normalized spacial score (nSPS) is 20.0. The molecule has 0 saturated carbocycles. The maximum Gasteiger partial charge on any atom is 0.251 e. The van der Waals surface area contributed by atoms with Gasteiger partial charge in [0, 0.05) is 52.4 Å². The molecule has 180 valence electrons. The van der Waals surface area contributed by atoms with E-state index < -0.39 is 5.41 Å². The van der Waals surface area contributed by atoms with Crippen molar-refractivity contribution in [3.05, 3.63) is 70.8 Å². The molecule has 4 rings (SSSR count). The second kappa shape index (κ2) is 9.97. The Morgan fingerprint density at radius 3 is 2.38 bits per heavy atom. The van der Waals surface area contributed by atoms with E-state index >= 15 is 0 Å². The highest BCUT2D eigenvalue weighted by atomic mass is 16.5. The number of carbonyl (C=O) groups excluding carboxylic acids is 3. The van der Waals surface area contributed by atoms with E-state index in [-0.39, 0.29) is 23.8 Å². The van der Waals surface area contributed by atoms with Crippen molar-refractivity contribution in [2.24, 2.45) is 0 Å². The standard InChI is InChI=1S/C27H33N3O4/c1-19-7-9-23(10-8-19)27(11-15-34-16-12-27)26(33)29-13-14-30(20(2)31)24(18-29)21-5-4-6-22(17-21)25(32)28-3/h4-10,17,24H,11-16,18H2,1-3H3,(H,28,32)/t24-/m1/s1. The van der Waals surface area contributed by atoms with Crippen LogP contribution in [0.2, 0.25) is 0 Å². The van der Waals surface area contributed by atoms with Crippen LogP contribution < -0.4 is 5.32 Å². The summed E-state index contributed by atoms with van der Waals surface area (Å²) in [5.74, 6) is -0.127. The maximum atomic E-state index is 14.1. The molecule has 2 heterocycles. The number of carbonyl (C=O) groups is 3. The van der Waals surface area contributed by atoms with Crippen molar-refractivity contribution < 1.29 is 19.1 Å². The van der Waals surface area contributed by atoms with Crippen LogP contribution in [0.3, 0.4) is 0 Å². The molecule has 2 fully saturated rings. The fourth-order valence-corrected chi connectivity index (χ4v) is 5.18. The van der Waals surface area contributed by atoms with Crippen LogP contribution in [-0.4, -0.2) is 67.4 Å². The smallest absolute Gasteiger partial charge is 0.251 e. The molecule has 2 saturated heterocycles. The van der Waals surface area contributed by atoms with Gasteiger partial charge in [0.25, 0.3) is 5.91 Å². The molecule has 0 unspecified atom stereocenters. The SMILES string of the molecule is CNC(=O)c1cccc([C@H]2CN(C(=O)C3(c4ccc(C)cc4)CCOCC3)CCN2C(C)=O)c1. The number of rotatable bonds is 4. The van der Waals surface area contributed by atoms with Gasteiger partial charge in [-0.1, -0.05) is 42.0 Å². The lowest BCUT2D eigenvalue weighted by Gasteiger charge is -2.46. The molecule has 7 nitrogen and oxygen atoms in total. The topological polar surface area (TPSA) is 79.0 Å². The van der Waals surface area contributed by atoms with E-state index in [1.807, 2.05) is 30.0 Å². The van der Waals surface area contributed by atoms with Crippen LogP contribution in [0.25, 0.3) is 0 Å². The van der Waals surface area contributed by atoms with E-state index in [9.17, 15) is 14.4 Å². The summed E-state index contributed by atoms with van der Waals surface area (Å²) in [6, 6.07) is 15.2. The summed E-state index contributed by atoms with van der Waals surface area (Å²) in [6.45, 7) is 6.02. The fraction of sp³-hybridized carbons (Fsp3) is 0.444. The van der Waals surface area contributed by atoms with Gasteiger partial charge in [-0.05, 0) is 43.0 Å². The molecule has 2 aliphatic rings. The van der Waals surface area contributed by atoms with E-state index in [0.717, 1.165) is 16.7 Å². The molecule has 1 atom stereocenters. The molecule has 0 spiro atoms. The quantitative estimate of drug-likeness (QED) is 0.756. The average molecular weight is 464 g/mol. The molecule has 0 aromatic heterocycles. The number of hydrogen-bond acceptors (Lipinski definition) is 4. The summed E-state index contributed by atoms with van der Waals surface area (Å²) in [5, 5.41) is 2.65. The zero-order valence-electron chi connectivity index (χ0n) is 20.2. The first-order chi connectivity index (χ1) is 16.4. The van der Waals surface area contributed by atoms with Crippen LogP contribution in [0.5, 0.6) is 0 Å². The molecule has 2 aromatic rings. The minimum Gasteiger partial charge on any atom is -0.381 e. The maximum absolute atomic E-state index is 14.1. The molecule has 0 aliphatic carbocycles. The summed E-state index contributed by atoms with van der Waals surface area (Å²) in [6.07, 6.45) is 1.28. The predicted molar refractivity (Wildman–Crippen MR) is 129 cm³/mol. The van der Waals surface area contributed by atoms with Crippen molar-refractivity contribution in [3.8, 4) is 0 Å². The van der Waals surface area contributed by atoms with E-state index in [1.54, 1.807) is 24.9 Å². The van der Waals surface area contributed by atoms with Crippen LogP contribution in [0.1, 0.15) is 52.9 Å². The fourth-order valence-electron chi connectivity index (χ4n) is 5.18. The van der Waals surface area contributed by atoms with Gasteiger partial charge < -0.3 is 19.9 Å². The van der Waals surface area contributed by atoms with E-state index in [1.165, 1.54) is 0 Å². The van der Waals surface area contributed by atoms with Gasteiger partial charge in [-0.3, -0.25) is 14.4 Å². The van der Waals surface area contributed by atoms with Gasteiger partial charge in [0.15, 0.2) is 0 Å². The molecule has 2 aliphatic heterocycles. The minimum absolute atomic E-state index is 0.0400. The highest BCUT2D eigenvalue weighted by Gasteiger charge is 2.46. The summed E-state index contributed by atoms with van der Waals surface area (Å²) in [5.41, 5.74) is 2.94. The number of piperazine rings is 1. The van der Waals surface area contributed by atoms with Crippen LogP contribution in [-0.2, 0) is 19.7 Å². The Bertz CT molecular complexity index is 1060. The molecular formula is C27H33N3O4. The Balaban J connectivity index is 1.66. The summed E-state index contributed by atoms with van der Waals surface area (Å²) >= 11 is 0. The first kappa shape index (κ1) is 24.0. The zero-order chi connectivity index (χ0) is 24.3. The van der Waals surface area contributed by atoms with Crippen molar-refractivity contribution in [2.75, 3.05) is 39.9 Å². The number of nitrogens with one attached hydrogen (secondary N) is 1. The van der Waals surface area contributed by atoms with Crippen LogP contribution >= 0.6 is 0 Å². The second-order valence-corrected chi connectivity index (χ2v) is 9.24. The first-order valence-corrected chi connectivity index (χ1v) is 11.9. The summed E-state index contributed by atoms with van der Waals surface area (Å²) in [4.78, 5) is 42.5. The van der Waals surface area contributed by atoms with Gasteiger partial charge in [-0.15, -0.1) is 0 Å². The van der Waals surface area contributed by atoms with Crippen LogP contribution in [0.4, 0.5) is 0 Å². The van der Waals surface area contributed by atoms with Crippen molar-refractivity contribution in [1.82, 2.24) is 15.1 Å². The molecule has 0 radical (unpaired) electrons. The monoisotopic (exact) mass is 463 g/mol. The summed E-state index contributed by atoms with van der Waals surface area (Å²) < 4.78 is 5.63. The number of nitrogens with zero attached hydrogens (tertiary/aromatic N) is 2. The second-order valence-electron chi connectivity index (χ2n) is 9.24. The van der Waals surface area contributed by atoms with E-state index in [2.05, 4.69) is 29.6 Å². The van der Waals surface area contributed by atoms with Gasteiger partial charge in [0.05, 0.1) is 11.5 Å². The molecule has 3 amide bonds. The third-order valence-corrected chi connectivity index (χ3v) is 7.19. The van der Waals surface area contributed by atoms with Gasteiger partial charge in [-0.25, -0.2) is 0 Å². The van der Waals surface area contributed by atoms with Gasteiger partial charge in [-0.2, -0.15) is 0 Å². The Labute approximate surface area is 201 Å². The number of ether oxygens (including phenoxy) is 1. The highest BCUT2D eigenvalue weighted by Crippen LogP contribution is 2.38. The van der Waals surface area contributed by atoms with Gasteiger partial charge in [0.1, 0.15) is 0 Å². The largest absolute Gasteiger partial charge is 0.381 e. The average Bonchev–Trinajstić information content (AvgIpc) is 2.88. The Hall–Kier alpha value is -3.19. The van der Waals surface area contributed by atoms with E-state index in [4.69, 9.17) is 4.74 Å². The van der Waals surface area contributed by atoms with Gasteiger partial charge in [0.2, 0.25) is 11.8 Å². The first-order valence-electron chi connectivity index (χ1n) is 11.9.